The van der Waals surface area contributed by atoms with E-state index in [1.807, 2.05) is 0 Å². The van der Waals surface area contributed by atoms with Gasteiger partial charge in [-0.3, -0.25) is 0 Å². The number of alkyl halides is 3. The number of ether oxygens (including phenoxy) is 1. The summed E-state index contributed by atoms with van der Waals surface area (Å²) in [4.78, 5) is 3.20. The molecule has 3 rings (SSSR count). The van der Waals surface area contributed by atoms with Crippen LogP contribution in [0, 0.1) is 11.3 Å². The monoisotopic (exact) mass is 430 g/mol. The number of hydrogen-bond donors (Lipinski definition) is 0. The third-order valence-corrected chi connectivity index (χ3v) is 5.60. The van der Waals surface area contributed by atoms with E-state index in [0.717, 1.165) is 12.1 Å². The van der Waals surface area contributed by atoms with Gasteiger partial charge in [0, 0.05) is 12.3 Å². The Morgan fingerprint density at radius 3 is 2.20 bits per heavy atom. The fourth-order valence-corrected chi connectivity index (χ4v) is 3.59. The fraction of sp³-hybridized carbons (Fsp3) is 0.0476. The van der Waals surface area contributed by atoms with Crippen molar-refractivity contribution in [3.8, 4) is 17.7 Å². The average molecular weight is 430 g/mol. The number of nitrogens with zero attached hydrogens (tertiary/aromatic N) is 2. The standard InChI is InChI=1S/C21H13F3N2O3S/c22-21(23,24)16-8-11-20(26-14-16)29-17-9-6-15(7-10-17)12-19(13-25)30(27,28)18-4-2-1-3-5-18/h1-12,14H. The van der Waals surface area contributed by atoms with E-state index in [0.29, 0.717) is 11.8 Å². The number of benzene rings is 2. The molecule has 0 radical (unpaired) electrons. The molecule has 1 heterocycles. The highest BCUT2D eigenvalue weighted by Crippen LogP contribution is 2.30. The topological polar surface area (TPSA) is 80.0 Å². The van der Waals surface area contributed by atoms with Crippen LogP contribution in [0.3, 0.4) is 0 Å². The molecule has 0 amide bonds. The summed E-state index contributed by atoms with van der Waals surface area (Å²) in [7, 11) is -3.96. The molecular weight excluding hydrogens is 417 g/mol. The summed E-state index contributed by atoms with van der Waals surface area (Å²) in [5.41, 5.74) is -0.460. The number of allylic oxidation sites excluding steroid dienone is 1. The van der Waals surface area contributed by atoms with Gasteiger partial charge in [0.15, 0.2) is 0 Å². The highest BCUT2D eigenvalue weighted by Gasteiger charge is 2.30. The van der Waals surface area contributed by atoms with Crippen molar-refractivity contribution in [2.45, 2.75) is 11.1 Å². The van der Waals surface area contributed by atoms with E-state index in [4.69, 9.17) is 4.74 Å². The lowest BCUT2D eigenvalue weighted by atomic mass is 10.2. The van der Waals surface area contributed by atoms with Crippen LogP contribution in [0.4, 0.5) is 13.2 Å². The molecule has 0 unspecified atom stereocenters. The first-order valence-corrected chi connectivity index (χ1v) is 9.91. The molecule has 3 aromatic rings. The normalized spacial score (nSPS) is 12.3. The maximum Gasteiger partial charge on any atom is 0.417 e. The van der Waals surface area contributed by atoms with Crippen molar-refractivity contribution in [1.82, 2.24) is 4.98 Å². The first kappa shape index (κ1) is 21.1. The molecule has 9 heteroatoms. The van der Waals surface area contributed by atoms with E-state index in [9.17, 15) is 26.9 Å². The van der Waals surface area contributed by atoms with Crippen molar-refractivity contribution < 1.29 is 26.3 Å². The Kier molecular flexibility index (Phi) is 5.89. The Balaban J connectivity index is 1.79. The number of rotatable bonds is 5. The lowest BCUT2D eigenvalue weighted by molar-refractivity contribution is -0.137. The predicted molar refractivity (Wildman–Crippen MR) is 103 cm³/mol. The number of sulfone groups is 1. The van der Waals surface area contributed by atoms with E-state index in [2.05, 4.69) is 4.98 Å². The van der Waals surface area contributed by atoms with Gasteiger partial charge in [0.2, 0.25) is 15.7 Å². The van der Waals surface area contributed by atoms with Crippen molar-refractivity contribution in [1.29, 1.82) is 5.26 Å². The highest BCUT2D eigenvalue weighted by atomic mass is 32.2. The molecule has 0 aliphatic carbocycles. The van der Waals surface area contributed by atoms with E-state index in [1.54, 1.807) is 24.3 Å². The van der Waals surface area contributed by atoms with Crippen LogP contribution in [-0.2, 0) is 16.0 Å². The zero-order chi connectivity index (χ0) is 21.8. The van der Waals surface area contributed by atoms with Gasteiger partial charge in [0.05, 0.1) is 10.5 Å². The summed E-state index contributed by atoms with van der Waals surface area (Å²) < 4.78 is 68.2. The zero-order valence-electron chi connectivity index (χ0n) is 15.2. The molecule has 0 fully saturated rings. The fourth-order valence-electron chi connectivity index (χ4n) is 2.41. The van der Waals surface area contributed by atoms with Crippen LogP contribution in [0.1, 0.15) is 11.1 Å². The van der Waals surface area contributed by atoms with Gasteiger partial charge in [0.1, 0.15) is 16.7 Å². The molecule has 1 aromatic heterocycles. The number of aromatic nitrogens is 1. The van der Waals surface area contributed by atoms with Gasteiger partial charge in [-0.25, -0.2) is 13.4 Å². The Morgan fingerprint density at radius 1 is 1.00 bits per heavy atom. The van der Waals surface area contributed by atoms with Gasteiger partial charge in [-0.2, -0.15) is 18.4 Å². The van der Waals surface area contributed by atoms with Gasteiger partial charge in [-0.15, -0.1) is 0 Å². The second kappa shape index (κ2) is 8.39. The van der Waals surface area contributed by atoms with E-state index in [1.165, 1.54) is 42.5 Å². The predicted octanol–water partition coefficient (Wildman–Crippen LogP) is 5.23. The first-order chi connectivity index (χ1) is 14.2. The maximum absolute atomic E-state index is 12.6. The number of halogens is 3. The minimum atomic E-state index is -4.49. The molecule has 152 valence electrons. The van der Waals surface area contributed by atoms with Gasteiger partial charge in [-0.1, -0.05) is 30.3 Å². The molecule has 5 nitrogen and oxygen atoms in total. The van der Waals surface area contributed by atoms with E-state index < -0.39 is 26.5 Å². The zero-order valence-corrected chi connectivity index (χ0v) is 16.0. The third-order valence-electron chi connectivity index (χ3n) is 3.92. The minimum absolute atomic E-state index is 0.00568. The maximum atomic E-state index is 12.6. The van der Waals surface area contributed by atoms with Gasteiger partial charge in [0.25, 0.3) is 0 Å². The molecule has 0 bridgehead atoms. The van der Waals surface area contributed by atoms with Crippen molar-refractivity contribution in [2.75, 3.05) is 0 Å². The summed E-state index contributed by atoms with van der Waals surface area (Å²) in [6.07, 6.45) is -2.60. The molecule has 0 saturated carbocycles. The van der Waals surface area contributed by atoms with Crippen molar-refractivity contribution >= 4 is 15.9 Å². The molecule has 0 spiro atoms. The minimum Gasteiger partial charge on any atom is -0.439 e. The van der Waals surface area contributed by atoms with Crippen LogP contribution in [0.25, 0.3) is 6.08 Å². The van der Waals surface area contributed by atoms with Crippen molar-refractivity contribution in [3.05, 3.63) is 89.0 Å². The van der Waals surface area contributed by atoms with Gasteiger partial charge < -0.3 is 4.74 Å². The van der Waals surface area contributed by atoms with Crippen LogP contribution in [-0.4, -0.2) is 13.4 Å². The molecule has 0 aliphatic heterocycles. The highest BCUT2D eigenvalue weighted by molar-refractivity contribution is 7.95. The largest absolute Gasteiger partial charge is 0.439 e. The summed E-state index contributed by atoms with van der Waals surface area (Å²) in [6.45, 7) is 0. The molecule has 0 atom stereocenters. The van der Waals surface area contributed by atoms with Crippen LogP contribution in [0.15, 0.2) is 82.7 Å². The van der Waals surface area contributed by atoms with E-state index in [-0.39, 0.29) is 16.5 Å². The third kappa shape index (κ3) is 4.85. The Hall–Kier alpha value is -3.64. The quantitative estimate of drug-likeness (QED) is 0.518. The Bertz CT molecular complexity index is 1200. The molecule has 0 N–H and O–H groups in total. The Morgan fingerprint density at radius 2 is 1.67 bits per heavy atom. The number of nitriles is 1. The van der Waals surface area contributed by atoms with Crippen molar-refractivity contribution in [3.63, 3.8) is 0 Å². The number of pyridine rings is 1. The van der Waals surface area contributed by atoms with Gasteiger partial charge >= 0.3 is 6.18 Å². The summed E-state index contributed by atoms with van der Waals surface area (Å²) in [5.74, 6) is 0.250. The summed E-state index contributed by atoms with van der Waals surface area (Å²) >= 11 is 0. The second-order valence-corrected chi connectivity index (χ2v) is 7.91. The molecular formula is C21H13F3N2O3S. The van der Waals surface area contributed by atoms with Gasteiger partial charge in [-0.05, 0) is 42.0 Å². The second-order valence-electron chi connectivity index (χ2n) is 5.99. The molecule has 2 aromatic carbocycles. The Labute approximate surface area is 170 Å². The van der Waals surface area contributed by atoms with E-state index >= 15 is 0 Å². The smallest absolute Gasteiger partial charge is 0.417 e. The molecule has 0 saturated heterocycles. The van der Waals surface area contributed by atoms with Crippen LogP contribution >= 0.6 is 0 Å². The lowest BCUT2D eigenvalue weighted by Gasteiger charge is -2.08. The SMILES string of the molecule is N#CC(=Cc1ccc(Oc2ccc(C(F)(F)F)cn2)cc1)S(=O)(=O)c1ccccc1. The molecule has 0 aliphatic rings. The van der Waals surface area contributed by atoms with Crippen molar-refractivity contribution in [2.24, 2.45) is 0 Å². The lowest BCUT2D eigenvalue weighted by Crippen LogP contribution is -2.05. The van der Waals surface area contributed by atoms with Crippen LogP contribution in [0.2, 0.25) is 0 Å². The first-order valence-electron chi connectivity index (χ1n) is 8.43. The summed E-state index contributed by atoms with van der Waals surface area (Å²) in [6, 6.07) is 17.2. The average Bonchev–Trinajstić information content (AvgIpc) is 2.73. The number of hydrogen-bond acceptors (Lipinski definition) is 5. The summed E-state index contributed by atoms with van der Waals surface area (Å²) in [5, 5.41) is 9.30. The van der Waals surface area contributed by atoms with Crippen LogP contribution < -0.4 is 4.74 Å². The molecule has 30 heavy (non-hydrogen) atoms. The van der Waals surface area contributed by atoms with Crippen LogP contribution in [0.5, 0.6) is 11.6 Å².